The topological polar surface area (TPSA) is 62.7 Å². The Labute approximate surface area is 175 Å². The molecule has 8 heteroatoms. The molecule has 1 aromatic heterocycles. The van der Waals surface area contributed by atoms with Gasteiger partial charge >= 0.3 is 12.0 Å². The van der Waals surface area contributed by atoms with E-state index in [1.165, 1.54) is 30.2 Å². The van der Waals surface area contributed by atoms with Crippen molar-refractivity contribution in [1.29, 1.82) is 0 Å². The van der Waals surface area contributed by atoms with Gasteiger partial charge < -0.3 is 9.64 Å². The van der Waals surface area contributed by atoms with Crippen molar-refractivity contribution in [1.82, 2.24) is 9.88 Å². The summed E-state index contributed by atoms with van der Waals surface area (Å²) in [4.78, 5) is 33.5. The van der Waals surface area contributed by atoms with Crippen molar-refractivity contribution in [3.63, 3.8) is 0 Å². The normalized spacial score (nSPS) is 12.0. The second kappa shape index (κ2) is 9.82. The fraction of sp³-hybridized carbons (Fsp3) is 0.476. The fourth-order valence-corrected chi connectivity index (χ4v) is 4.05. The molecule has 0 N–H and O–H groups in total. The largest absolute Gasteiger partial charge is 0.469 e. The zero-order valence-corrected chi connectivity index (χ0v) is 18.5. The number of carbonyl (C=O) groups excluding carboxylic acids is 2. The molecule has 2 amide bonds. The van der Waals surface area contributed by atoms with Crippen molar-refractivity contribution in [2.45, 2.75) is 46.1 Å². The van der Waals surface area contributed by atoms with Crippen molar-refractivity contribution < 1.29 is 18.7 Å². The highest BCUT2D eigenvalue weighted by molar-refractivity contribution is 7.11. The lowest BCUT2D eigenvalue weighted by Gasteiger charge is -2.31. The third-order valence-corrected chi connectivity index (χ3v) is 6.35. The van der Waals surface area contributed by atoms with Crippen molar-refractivity contribution in [2.75, 3.05) is 25.6 Å². The molecule has 0 spiro atoms. The maximum Gasteiger partial charge on any atom is 0.324 e. The Morgan fingerprint density at radius 2 is 1.97 bits per heavy atom. The predicted molar refractivity (Wildman–Crippen MR) is 113 cm³/mol. The molecule has 1 aromatic carbocycles. The Morgan fingerprint density at radius 3 is 2.52 bits per heavy atom. The number of hydrogen-bond donors (Lipinski definition) is 0. The van der Waals surface area contributed by atoms with Gasteiger partial charge in [-0.1, -0.05) is 19.9 Å². The van der Waals surface area contributed by atoms with Crippen LogP contribution < -0.4 is 4.90 Å². The van der Waals surface area contributed by atoms with Gasteiger partial charge in [-0.25, -0.2) is 14.2 Å². The molecule has 2 aromatic rings. The summed E-state index contributed by atoms with van der Waals surface area (Å²) in [6.45, 7) is 8.13. The smallest absolute Gasteiger partial charge is 0.324 e. The Hall–Kier alpha value is -2.48. The van der Waals surface area contributed by atoms with Gasteiger partial charge in [0.1, 0.15) is 5.82 Å². The number of halogens is 1. The molecule has 0 fully saturated rings. The van der Waals surface area contributed by atoms with Crippen LogP contribution in [-0.4, -0.2) is 42.6 Å². The summed E-state index contributed by atoms with van der Waals surface area (Å²) in [6.07, 6.45) is 0.0120. The number of thiazole rings is 1. The molecular weight excluding hydrogens is 393 g/mol. The maximum atomic E-state index is 13.8. The molecule has 0 unspecified atom stereocenters. The van der Waals surface area contributed by atoms with Gasteiger partial charge in [-0.15, -0.1) is 11.3 Å². The number of aryl methyl sites for hydroxylation is 1. The van der Waals surface area contributed by atoms with Crippen LogP contribution in [-0.2, 0) is 9.53 Å². The van der Waals surface area contributed by atoms with Crippen LogP contribution in [0, 0.1) is 12.7 Å². The fourth-order valence-electron chi connectivity index (χ4n) is 2.88. The van der Waals surface area contributed by atoms with E-state index in [9.17, 15) is 14.0 Å². The van der Waals surface area contributed by atoms with Gasteiger partial charge in [-0.3, -0.25) is 9.69 Å². The van der Waals surface area contributed by atoms with Crippen LogP contribution in [0.2, 0.25) is 0 Å². The standard InChI is InChI=1S/C21H28FN3O3S/c1-13(2)20-23-14(3)19(29-20)15(4)24(5)21(27)25(11-10-18(26)28-6)17-9-7-8-16(22)12-17/h7-9,12-13,15H,10-11H2,1-6H3/t15-/m1/s1. The van der Waals surface area contributed by atoms with Gasteiger partial charge in [0, 0.05) is 30.1 Å². The quantitative estimate of drug-likeness (QED) is 0.597. The lowest BCUT2D eigenvalue weighted by molar-refractivity contribution is -0.140. The Kier molecular flexibility index (Phi) is 7.73. The van der Waals surface area contributed by atoms with E-state index < -0.39 is 11.8 Å². The summed E-state index contributed by atoms with van der Waals surface area (Å²) < 4.78 is 18.4. The van der Waals surface area contributed by atoms with Crippen LogP contribution in [0.25, 0.3) is 0 Å². The highest BCUT2D eigenvalue weighted by Crippen LogP contribution is 2.32. The first-order valence-corrected chi connectivity index (χ1v) is 10.3. The molecule has 0 aliphatic carbocycles. The molecule has 2 rings (SSSR count). The number of amides is 2. The summed E-state index contributed by atoms with van der Waals surface area (Å²) in [5.74, 6) is -0.576. The van der Waals surface area contributed by atoms with E-state index in [-0.39, 0.29) is 25.0 Å². The van der Waals surface area contributed by atoms with E-state index in [4.69, 9.17) is 0 Å². The number of aromatic nitrogens is 1. The molecule has 0 saturated heterocycles. The number of esters is 1. The summed E-state index contributed by atoms with van der Waals surface area (Å²) in [5, 5.41) is 1.03. The zero-order valence-electron chi connectivity index (χ0n) is 17.7. The minimum Gasteiger partial charge on any atom is -0.469 e. The molecule has 158 valence electrons. The second-order valence-electron chi connectivity index (χ2n) is 7.18. The summed E-state index contributed by atoms with van der Waals surface area (Å²) in [6, 6.07) is 5.23. The average Bonchev–Trinajstić information content (AvgIpc) is 3.08. The van der Waals surface area contributed by atoms with Crippen LogP contribution in [0.5, 0.6) is 0 Å². The van der Waals surface area contributed by atoms with Crippen LogP contribution in [0.3, 0.4) is 0 Å². The van der Waals surface area contributed by atoms with E-state index in [0.717, 1.165) is 15.6 Å². The van der Waals surface area contributed by atoms with Gasteiger partial charge in [0.2, 0.25) is 0 Å². The van der Waals surface area contributed by atoms with E-state index in [1.807, 2.05) is 13.8 Å². The van der Waals surface area contributed by atoms with Crippen molar-refractivity contribution >= 4 is 29.0 Å². The predicted octanol–water partition coefficient (Wildman–Crippen LogP) is 4.90. The molecule has 29 heavy (non-hydrogen) atoms. The molecule has 0 bridgehead atoms. The number of nitrogens with zero attached hydrogens (tertiary/aromatic N) is 3. The summed E-state index contributed by atoms with van der Waals surface area (Å²) in [7, 11) is 3.00. The van der Waals surface area contributed by atoms with Crippen molar-refractivity contribution in [3.8, 4) is 0 Å². The third-order valence-electron chi connectivity index (χ3n) is 4.72. The van der Waals surface area contributed by atoms with Crippen LogP contribution in [0.15, 0.2) is 24.3 Å². The van der Waals surface area contributed by atoms with Gasteiger partial charge in [-0.2, -0.15) is 0 Å². The molecule has 0 aliphatic heterocycles. The lowest BCUT2D eigenvalue weighted by Crippen LogP contribution is -2.43. The first-order chi connectivity index (χ1) is 13.6. The van der Waals surface area contributed by atoms with Crippen LogP contribution in [0.4, 0.5) is 14.9 Å². The number of anilines is 1. The minimum absolute atomic E-state index is 0.0120. The van der Waals surface area contributed by atoms with Crippen molar-refractivity contribution in [2.24, 2.45) is 0 Å². The van der Waals surface area contributed by atoms with Gasteiger partial charge in [0.25, 0.3) is 0 Å². The average molecular weight is 422 g/mol. The molecule has 6 nitrogen and oxygen atoms in total. The Balaban J connectivity index is 2.29. The summed E-state index contributed by atoms with van der Waals surface area (Å²) in [5.41, 5.74) is 1.29. The second-order valence-corrected chi connectivity index (χ2v) is 8.25. The van der Waals surface area contributed by atoms with E-state index >= 15 is 0 Å². The number of hydrogen-bond acceptors (Lipinski definition) is 5. The maximum absolute atomic E-state index is 13.8. The molecular formula is C21H28FN3O3S. The highest BCUT2D eigenvalue weighted by atomic mass is 32.1. The van der Waals surface area contributed by atoms with Crippen LogP contribution in [0.1, 0.15) is 54.7 Å². The minimum atomic E-state index is -0.450. The molecule has 0 radical (unpaired) electrons. The Morgan fingerprint density at radius 1 is 1.28 bits per heavy atom. The molecule has 0 saturated carbocycles. The molecule has 1 heterocycles. The first-order valence-electron chi connectivity index (χ1n) is 9.49. The molecule has 1 atom stereocenters. The third kappa shape index (κ3) is 5.53. The monoisotopic (exact) mass is 421 g/mol. The van der Waals surface area contributed by atoms with E-state index in [1.54, 1.807) is 29.4 Å². The zero-order chi connectivity index (χ0) is 21.7. The lowest BCUT2D eigenvalue weighted by atomic mass is 10.2. The SMILES string of the molecule is COC(=O)CCN(C(=O)N(C)[C@H](C)c1sc(C(C)C)nc1C)c1cccc(F)c1. The van der Waals surface area contributed by atoms with E-state index in [2.05, 4.69) is 23.6 Å². The number of methoxy groups -OCH3 is 1. The summed E-state index contributed by atoms with van der Waals surface area (Å²) >= 11 is 1.60. The first kappa shape index (κ1) is 22.8. The van der Waals surface area contributed by atoms with Gasteiger partial charge in [0.05, 0.1) is 30.3 Å². The Bertz CT molecular complexity index is 869. The number of benzene rings is 1. The van der Waals surface area contributed by atoms with Gasteiger partial charge in [0.15, 0.2) is 0 Å². The van der Waals surface area contributed by atoms with Crippen LogP contribution >= 0.6 is 11.3 Å². The van der Waals surface area contributed by atoms with Gasteiger partial charge in [-0.05, 0) is 32.0 Å². The number of rotatable bonds is 7. The number of urea groups is 1. The van der Waals surface area contributed by atoms with E-state index in [0.29, 0.717) is 11.6 Å². The number of ether oxygens (including phenoxy) is 1. The molecule has 0 aliphatic rings. The highest BCUT2D eigenvalue weighted by Gasteiger charge is 2.27. The number of carbonyl (C=O) groups is 2. The van der Waals surface area contributed by atoms with Crippen molar-refractivity contribution in [3.05, 3.63) is 45.7 Å².